The van der Waals surface area contributed by atoms with E-state index in [2.05, 4.69) is 13.8 Å². The van der Waals surface area contributed by atoms with Crippen molar-refractivity contribution in [2.75, 3.05) is 13.2 Å². The molecule has 0 aromatic heterocycles. The molecule has 0 radical (unpaired) electrons. The molecule has 0 saturated heterocycles. The summed E-state index contributed by atoms with van der Waals surface area (Å²) < 4.78 is 10.2. The molecule has 0 aliphatic heterocycles. The zero-order chi connectivity index (χ0) is 38.2. The molecule has 0 spiro atoms. The van der Waals surface area contributed by atoms with Crippen molar-refractivity contribution < 1.29 is 34.4 Å². The normalized spacial score (nSPS) is 14.2. The Morgan fingerprint density at radius 3 is 1.40 bits per heavy atom. The molecule has 0 aromatic rings. The van der Waals surface area contributed by atoms with Crippen LogP contribution in [0.4, 0.5) is 0 Å². The van der Waals surface area contributed by atoms with E-state index in [1.165, 1.54) is 89.9 Å². The largest absolute Gasteiger partial charge is 0.463 e. The Bertz CT molecular complexity index is 994. The second-order valence-electron chi connectivity index (χ2n) is 13.8. The van der Waals surface area contributed by atoms with Crippen molar-refractivity contribution >= 4 is 11.9 Å². The van der Waals surface area contributed by atoms with Crippen molar-refractivity contribution in [1.29, 1.82) is 0 Å². The van der Waals surface area contributed by atoms with E-state index in [4.69, 9.17) is 9.47 Å². The smallest absolute Gasteiger partial charge is 0.306 e. The molecule has 7 heteroatoms. The fraction of sp³-hybridized carbons (Fsp3) is 0.689. The number of aliphatic hydroxyl groups excluding tert-OH is 3. The van der Waals surface area contributed by atoms with Crippen LogP contribution in [-0.4, -0.2) is 58.8 Å². The van der Waals surface area contributed by atoms with Crippen LogP contribution >= 0.6 is 0 Å². The molecular weight excluding hydrogens is 652 g/mol. The molecular formula is C45H76O7. The van der Waals surface area contributed by atoms with Gasteiger partial charge < -0.3 is 24.8 Å². The summed E-state index contributed by atoms with van der Waals surface area (Å²) in [6.45, 7) is 3.96. The van der Waals surface area contributed by atoms with Gasteiger partial charge in [-0.1, -0.05) is 189 Å². The molecule has 52 heavy (non-hydrogen) atoms. The number of unbranched alkanes of at least 4 members (excludes halogenated alkanes) is 16. The Labute approximate surface area is 318 Å². The van der Waals surface area contributed by atoms with Crippen LogP contribution < -0.4 is 0 Å². The lowest BCUT2D eigenvalue weighted by atomic mass is 10.0. The number of allylic oxidation sites excluding steroid dienone is 8. The van der Waals surface area contributed by atoms with E-state index in [0.717, 1.165) is 25.7 Å². The third-order valence-electron chi connectivity index (χ3n) is 8.64. The molecule has 0 unspecified atom stereocenters. The molecule has 0 rings (SSSR count). The number of hydrogen-bond acceptors (Lipinski definition) is 7. The van der Waals surface area contributed by atoms with E-state index < -0.39 is 24.3 Å². The van der Waals surface area contributed by atoms with Gasteiger partial charge in [-0.05, 0) is 38.5 Å². The van der Waals surface area contributed by atoms with Crippen molar-refractivity contribution in [3.8, 4) is 0 Å². The van der Waals surface area contributed by atoms with Gasteiger partial charge >= 0.3 is 11.9 Å². The first-order chi connectivity index (χ1) is 25.4. The van der Waals surface area contributed by atoms with Gasteiger partial charge in [0.25, 0.3) is 0 Å². The second kappa shape index (κ2) is 39.5. The van der Waals surface area contributed by atoms with Crippen LogP contribution in [0.15, 0.2) is 72.9 Å². The van der Waals surface area contributed by atoms with E-state index in [0.29, 0.717) is 32.1 Å². The van der Waals surface area contributed by atoms with E-state index in [-0.39, 0.29) is 25.6 Å². The van der Waals surface area contributed by atoms with Crippen LogP contribution in [0.2, 0.25) is 0 Å². The number of esters is 2. The predicted octanol–water partition coefficient (Wildman–Crippen LogP) is 10.9. The quantitative estimate of drug-likeness (QED) is 0.0255. The molecule has 0 amide bonds. The van der Waals surface area contributed by atoms with Gasteiger partial charge in [-0.3, -0.25) is 9.59 Å². The predicted molar refractivity (Wildman–Crippen MR) is 217 cm³/mol. The van der Waals surface area contributed by atoms with Crippen molar-refractivity contribution in [3.63, 3.8) is 0 Å². The summed E-state index contributed by atoms with van der Waals surface area (Å²) in [5.41, 5.74) is 0. The summed E-state index contributed by atoms with van der Waals surface area (Å²) in [6, 6.07) is 0. The third-order valence-corrected chi connectivity index (χ3v) is 8.64. The zero-order valence-corrected chi connectivity index (χ0v) is 33.0. The third kappa shape index (κ3) is 38.5. The Morgan fingerprint density at radius 1 is 0.500 bits per heavy atom. The van der Waals surface area contributed by atoms with Gasteiger partial charge in [0.2, 0.25) is 0 Å². The first-order valence-electron chi connectivity index (χ1n) is 20.7. The highest BCUT2D eigenvalue weighted by atomic mass is 16.6. The summed E-state index contributed by atoms with van der Waals surface area (Å²) in [6.07, 6.45) is 46.1. The number of rotatable bonds is 36. The SMILES string of the molecule is CC/C=C\C[C@@H](O)/C=C/C=C\C=C\[C@@H](O)C/C=C\C/C=C\CCC(=O)OC[C@H](O)COC(=O)CCCCCCCCCCCCCCCCCCC. The number of aliphatic hydroxyl groups is 3. The van der Waals surface area contributed by atoms with Crippen LogP contribution in [0.1, 0.15) is 168 Å². The maximum atomic E-state index is 12.0. The van der Waals surface area contributed by atoms with Crippen molar-refractivity contribution in [2.24, 2.45) is 0 Å². The standard InChI is InChI=1S/C45H76O7/c1-3-5-7-8-9-10-11-12-13-14-15-16-17-18-19-23-31-37-44(49)51-39-43(48)40-52-45(50)38-32-24-21-20-22-28-34-42(47)36-30-26-25-29-35-41(46)33-27-6-4-2/h6,21-22,24-30,35-36,41-43,46-48H,3-5,7-20,23,31-34,37-40H2,1-2H3/b24-21-,26-25-,27-6-,28-22-,35-29+,36-30+/t41-,42+,43-/m1/s1. The lowest BCUT2D eigenvalue weighted by molar-refractivity contribution is -0.152. The molecule has 0 saturated carbocycles. The Morgan fingerprint density at radius 2 is 0.923 bits per heavy atom. The van der Waals surface area contributed by atoms with Crippen molar-refractivity contribution in [1.82, 2.24) is 0 Å². The molecule has 0 aliphatic rings. The molecule has 0 bridgehead atoms. The highest BCUT2D eigenvalue weighted by Crippen LogP contribution is 2.14. The molecule has 298 valence electrons. The lowest BCUT2D eigenvalue weighted by Crippen LogP contribution is -2.25. The topological polar surface area (TPSA) is 113 Å². The van der Waals surface area contributed by atoms with Crippen molar-refractivity contribution in [3.05, 3.63) is 72.9 Å². The van der Waals surface area contributed by atoms with Gasteiger partial charge in [0.1, 0.15) is 19.3 Å². The summed E-state index contributed by atoms with van der Waals surface area (Å²) >= 11 is 0. The van der Waals surface area contributed by atoms with Gasteiger partial charge in [0, 0.05) is 12.8 Å². The highest BCUT2D eigenvalue weighted by Gasteiger charge is 2.11. The van der Waals surface area contributed by atoms with Crippen LogP contribution in [0.5, 0.6) is 0 Å². The Kier molecular flexibility index (Phi) is 37.4. The van der Waals surface area contributed by atoms with Gasteiger partial charge in [-0.15, -0.1) is 0 Å². The summed E-state index contributed by atoms with van der Waals surface area (Å²) in [7, 11) is 0. The van der Waals surface area contributed by atoms with Gasteiger partial charge in [0.15, 0.2) is 0 Å². The number of ether oxygens (including phenoxy) is 2. The van der Waals surface area contributed by atoms with Gasteiger partial charge in [-0.25, -0.2) is 0 Å². The van der Waals surface area contributed by atoms with Crippen LogP contribution in [0.3, 0.4) is 0 Å². The fourth-order valence-electron chi connectivity index (χ4n) is 5.46. The maximum Gasteiger partial charge on any atom is 0.306 e. The Balaban J connectivity index is 3.67. The summed E-state index contributed by atoms with van der Waals surface area (Å²) in [4.78, 5) is 23.9. The zero-order valence-electron chi connectivity index (χ0n) is 33.0. The van der Waals surface area contributed by atoms with E-state index >= 15 is 0 Å². The van der Waals surface area contributed by atoms with Crippen LogP contribution in [0.25, 0.3) is 0 Å². The Hall–Kier alpha value is -2.74. The minimum Gasteiger partial charge on any atom is -0.463 e. The molecule has 0 aliphatic carbocycles. The monoisotopic (exact) mass is 729 g/mol. The first-order valence-corrected chi connectivity index (χ1v) is 20.7. The molecule has 3 atom stereocenters. The van der Waals surface area contributed by atoms with Gasteiger partial charge in [0.05, 0.1) is 12.2 Å². The summed E-state index contributed by atoms with van der Waals surface area (Å²) in [5, 5.41) is 29.8. The van der Waals surface area contributed by atoms with E-state index in [1.807, 2.05) is 48.6 Å². The summed E-state index contributed by atoms with van der Waals surface area (Å²) in [5.74, 6) is -0.727. The van der Waals surface area contributed by atoms with Crippen LogP contribution in [0, 0.1) is 0 Å². The molecule has 7 nitrogen and oxygen atoms in total. The number of carbonyl (C=O) groups is 2. The minimum atomic E-state index is -1.03. The average Bonchev–Trinajstić information content (AvgIpc) is 3.13. The average molecular weight is 729 g/mol. The molecule has 3 N–H and O–H groups in total. The first kappa shape index (κ1) is 49.3. The van der Waals surface area contributed by atoms with E-state index in [9.17, 15) is 24.9 Å². The second-order valence-corrected chi connectivity index (χ2v) is 13.8. The molecule has 0 fully saturated rings. The highest BCUT2D eigenvalue weighted by molar-refractivity contribution is 5.70. The maximum absolute atomic E-state index is 12.0. The van der Waals surface area contributed by atoms with E-state index in [1.54, 1.807) is 24.3 Å². The lowest BCUT2D eigenvalue weighted by Gasteiger charge is -2.12. The molecule has 0 heterocycles. The minimum absolute atomic E-state index is 0.168. The number of hydrogen-bond donors (Lipinski definition) is 3. The van der Waals surface area contributed by atoms with Crippen molar-refractivity contribution in [2.45, 2.75) is 186 Å². The molecule has 0 aromatic carbocycles. The van der Waals surface area contributed by atoms with Crippen LogP contribution in [-0.2, 0) is 19.1 Å². The fourth-order valence-corrected chi connectivity index (χ4v) is 5.46. The number of carbonyl (C=O) groups excluding carboxylic acids is 2. The van der Waals surface area contributed by atoms with Gasteiger partial charge in [-0.2, -0.15) is 0 Å².